The van der Waals surface area contributed by atoms with Crippen molar-refractivity contribution in [1.29, 1.82) is 0 Å². The zero-order valence-corrected chi connectivity index (χ0v) is 14.8. The molecule has 0 bridgehead atoms. The van der Waals surface area contributed by atoms with E-state index in [-0.39, 0.29) is 0 Å². The predicted molar refractivity (Wildman–Crippen MR) is 112 cm³/mol. The van der Waals surface area contributed by atoms with Crippen LogP contribution >= 0.6 is 0 Å². The Morgan fingerprint density at radius 2 is 1.08 bits per heavy atom. The lowest BCUT2D eigenvalue weighted by atomic mass is 9.86. The molecule has 0 saturated carbocycles. The fourth-order valence-electron chi connectivity index (χ4n) is 3.45. The van der Waals surface area contributed by atoms with Gasteiger partial charge in [-0.05, 0) is 46.9 Å². The summed E-state index contributed by atoms with van der Waals surface area (Å²) >= 11 is 0. The molecule has 0 heterocycles. The summed E-state index contributed by atoms with van der Waals surface area (Å²) < 4.78 is 0. The van der Waals surface area contributed by atoms with Gasteiger partial charge in [-0.2, -0.15) is 0 Å². The number of nitrogen functional groups attached to an aromatic ring is 1. The molecule has 0 unspecified atom stereocenters. The van der Waals surface area contributed by atoms with Crippen molar-refractivity contribution in [2.75, 3.05) is 5.73 Å². The standard InChI is InChI=1S/C25H21N/c1-18-15-16-24(26)23(17-18)25-21(19-9-4-2-5-10-19)13-8-14-22(25)20-11-6-3-7-12-20/h2-17H,26H2,1H3. The van der Waals surface area contributed by atoms with Crippen molar-refractivity contribution in [1.82, 2.24) is 0 Å². The third-order valence-electron chi connectivity index (χ3n) is 4.71. The Morgan fingerprint density at radius 1 is 0.538 bits per heavy atom. The van der Waals surface area contributed by atoms with Crippen LogP contribution in [0.25, 0.3) is 33.4 Å². The molecule has 0 spiro atoms. The maximum absolute atomic E-state index is 6.42. The lowest BCUT2D eigenvalue weighted by molar-refractivity contribution is 1.46. The highest BCUT2D eigenvalue weighted by molar-refractivity contribution is 5.98. The quantitative estimate of drug-likeness (QED) is 0.421. The van der Waals surface area contributed by atoms with Crippen LogP contribution in [0, 0.1) is 6.92 Å². The molecule has 0 aliphatic rings. The lowest BCUT2D eigenvalue weighted by Crippen LogP contribution is -1.95. The summed E-state index contributed by atoms with van der Waals surface area (Å²) in [4.78, 5) is 0. The third kappa shape index (κ3) is 3.00. The molecule has 2 N–H and O–H groups in total. The highest BCUT2D eigenvalue weighted by Gasteiger charge is 2.16. The normalized spacial score (nSPS) is 10.7. The van der Waals surface area contributed by atoms with Crippen LogP contribution in [0.4, 0.5) is 5.69 Å². The van der Waals surface area contributed by atoms with Gasteiger partial charge in [0, 0.05) is 11.3 Å². The zero-order chi connectivity index (χ0) is 17.9. The van der Waals surface area contributed by atoms with Crippen LogP contribution < -0.4 is 5.73 Å². The average Bonchev–Trinajstić information content (AvgIpc) is 2.70. The molecule has 26 heavy (non-hydrogen) atoms. The Balaban J connectivity index is 2.07. The van der Waals surface area contributed by atoms with E-state index >= 15 is 0 Å². The van der Waals surface area contributed by atoms with Crippen molar-refractivity contribution in [3.05, 3.63) is 103 Å². The van der Waals surface area contributed by atoms with E-state index in [9.17, 15) is 0 Å². The highest BCUT2D eigenvalue weighted by Crippen LogP contribution is 2.42. The summed E-state index contributed by atoms with van der Waals surface area (Å²) in [5, 5.41) is 0. The molecule has 0 fully saturated rings. The maximum atomic E-state index is 6.42. The van der Waals surface area contributed by atoms with Crippen molar-refractivity contribution in [3.63, 3.8) is 0 Å². The second-order valence-corrected chi connectivity index (χ2v) is 6.55. The van der Waals surface area contributed by atoms with Gasteiger partial charge in [0.1, 0.15) is 0 Å². The molecule has 0 radical (unpaired) electrons. The topological polar surface area (TPSA) is 26.0 Å². The number of hydrogen-bond donors (Lipinski definition) is 1. The van der Waals surface area contributed by atoms with Gasteiger partial charge in [0.25, 0.3) is 0 Å². The van der Waals surface area contributed by atoms with E-state index in [1.165, 1.54) is 33.4 Å². The fourth-order valence-corrected chi connectivity index (χ4v) is 3.45. The van der Waals surface area contributed by atoms with E-state index in [0.717, 1.165) is 11.3 Å². The number of anilines is 1. The van der Waals surface area contributed by atoms with Gasteiger partial charge in [-0.15, -0.1) is 0 Å². The van der Waals surface area contributed by atoms with Crippen molar-refractivity contribution in [2.24, 2.45) is 0 Å². The molecule has 0 aliphatic heterocycles. The van der Waals surface area contributed by atoms with E-state index in [4.69, 9.17) is 5.73 Å². The van der Waals surface area contributed by atoms with Crippen LogP contribution in [0.15, 0.2) is 97.1 Å². The van der Waals surface area contributed by atoms with Gasteiger partial charge in [0.2, 0.25) is 0 Å². The second kappa shape index (κ2) is 6.89. The third-order valence-corrected chi connectivity index (χ3v) is 4.71. The summed E-state index contributed by atoms with van der Waals surface area (Å²) in [5.74, 6) is 0. The molecule has 126 valence electrons. The van der Waals surface area contributed by atoms with Gasteiger partial charge in [0.15, 0.2) is 0 Å². The van der Waals surface area contributed by atoms with Crippen LogP contribution in [0.3, 0.4) is 0 Å². The SMILES string of the molecule is Cc1ccc(N)c(-c2c(-c3ccccc3)cccc2-c2ccccc2)c1. The summed E-state index contributed by atoms with van der Waals surface area (Å²) in [6.07, 6.45) is 0. The Bertz CT molecular complexity index is 976. The van der Waals surface area contributed by atoms with Gasteiger partial charge < -0.3 is 5.73 Å². The van der Waals surface area contributed by atoms with E-state index in [1.807, 2.05) is 18.2 Å². The summed E-state index contributed by atoms with van der Waals surface area (Å²) in [7, 11) is 0. The molecule has 4 aromatic carbocycles. The first-order valence-corrected chi connectivity index (χ1v) is 8.84. The minimum Gasteiger partial charge on any atom is -0.398 e. The number of aryl methyl sites for hydroxylation is 1. The average molecular weight is 335 g/mol. The van der Waals surface area contributed by atoms with Gasteiger partial charge in [-0.1, -0.05) is 90.5 Å². The fraction of sp³-hybridized carbons (Fsp3) is 0.0400. The molecule has 0 amide bonds. The van der Waals surface area contributed by atoms with Crippen molar-refractivity contribution in [2.45, 2.75) is 6.92 Å². The van der Waals surface area contributed by atoms with Gasteiger partial charge in [-0.3, -0.25) is 0 Å². The molecule has 1 nitrogen and oxygen atoms in total. The smallest absolute Gasteiger partial charge is 0.0394 e. The largest absolute Gasteiger partial charge is 0.398 e. The van der Waals surface area contributed by atoms with Crippen LogP contribution in [-0.4, -0.2) is 0 Å². The molecular formula is C25H21N. The molecule has 0 aliphatic carbocycles. The van der Waals surface area contributed by atoms with Crippen LogP contribution in [-0.2, 0) is 0 Å². The summed E-state index contributed by atoms with van der Waals surface area (Å²) in [6.45, 7) is 2.11. The van der Waals surface area contributed by atoms with Crippen molar-refractivity contribution in [3.8, 4) is 33.4 Å². The Labute approximate surface area is 154 Å². The number of hydrogen-bond acceptors (Lipinski definition) is 1. The number of nitrogens with two attached hydrogens (primary N) is 1. The Hall–Kier alpha value is -3.32. The Morgan fingerprint density at radius 3 is 1.62 bits per heavy atom. The van der Waals surface area contributed by atoms with Crippen molar-refractivity contribution >= 4 is 5.69 Å². The molecular weight excluding hydrogens is 314 g/mol. The van der Waals surface area contributed by atoms with E-state index in [2.05, 4.69) is 85.8 Å². The summed E-state index contributed by atoms with van der Waals surface area (Å²) in [6, 6.07) is 33.7. The zero-order valence-electron chi connectivity index (χ0n) is 14.8. The lowest BCUT2D eigenvalue weighted by Gasteiger charge is -2.18. The first kappa shape index (κ1) is 16.2. The van der Waals surface area contributed by atoms with Crippen LogP contribution in [0.5, 0.6) is 0 Å². The molecule has 4 rings (SSSR count). The van der Waals surface area contributed by atoms with Crippen LogP contribution in [0.2, 0.25) is 0 Å². The minimum absolute atomic E-state index is 0.802. The molecule has 0 aromatic heterocycles. The number of benzene rings is 4. The second-order valence-electron chi connectivity index (χ2n) is 6.55. The van der Waals surface area contributed by atoms with Gasteiger partial charge in [-0.25, -0.2) is 0 Å². The molecule has 0 atom stereocenters. The van der Waals surface area contributed by atoms with E-state index in [0.29, 0.717) is 0 Å². The van der Waals surface area contributed by atoms with Crippen molar-refractivity contribution < 1.29 is 0 Å². The van der Waals surface area contributed by atoms with E-state index < -0.39 is 0 Å². The predicted octanol–water partition coefficient (Wildman–Crippen LogP) is 6.58. The monoisotopic (exact) mass is 335 g/mol. The molecule has 1 heteroatoms. The maximum Gasteiger partial charge on any atom is 0.0394 e. The minimum atomic E-state index is 0.802. The number of rotatable bonds is 3. The highest BCUT2D eigenvalue weighted by atomic mass is 14.6. The van der Waals surface area contributed by atoms with Crippen LogP contribution in [0.1, 0.15) is 5.56 Å². The van der Waals surface area contributed by atoms with E-state index in [1.54, 1.807) is 0 Å². The Kier molecular flexibility index (Phi) is 4.28. The van der Waals surface area contributed by atoms with Gasteiger partial charge >= 0.3 is 0 Å². The molecule has 4 aromatic rings. The molecule has 0 saturated heterocycles. The summed E-state index contributed by atoms with van der Waals surface area (Å²) in [5.41, 5.74) is 15.5. The first-order chi connectivity index (χ1) is 12.7. The first-order valence-electron chi connectivity index (χ1n) is 8.84. The van der Waals surface area contributed by atoms with Gasteiger partial charge in [0.05, 0.1) is 0 Å².